The third kappa shape index (κ3) is 3.85. The van der Waals surface area contributed by atoms with E-state index in [0.29, 0.717) is 48.0 Å². The molecule has 8 heteroatoms. The molecular weight excluding hydrogens is 411 g/mol. The summed E-state index contributed by atoms with van der Waals surface area (Å²) in [5, 5.41) is 1.13. The number of hydrogen-bond donors (Lipinski definition) is 0. The molecule has 30 heavy (non-hydrogen) atoms. The van der Waals surface area contributed by atoms with Crippen molar-refractivity contribution < 1.29 is 23.1 Å². The summed E-state index contributed by atoms with van der Waals surface area (Å²) in [6, 6.07) is 11.8. The number of hydrogen-bond acceptors (Lipinski definition) is 5. The lowest BCUT2D eigenvalue weighted by atomic mass is 10.1. The Kier molecular flexibility index (Phi) is 5.63. The number of carbonyl (C=O) groups is 2. The zero-order valence-electron chi connectivity index (χ0n) is 16.4. The third-order valence-electron chi connectivity index (χ3n) is 5.25. The normalized spacial score (nSPS) is 14.2. The van der Waals surface area contributed by atoms with Crippen molar-refractivity contribution in [3.8, 4) is 0 Å². The van der Waals surface area contributed by atoms with E-state index in [1.807, 2.05) is 4.90 Å². The summed E-state index contributed by atoms with van der Waals surface area (Å²) in [5.41, 5.74) is 1.55. The number of fused-ring (bicyclic) bond motifs is 1. The summed E-state index contributed by atoms with van der Waals surface area (Å²) < 4.78 is 24.7. The molecule has 0 bridgehead atoms. The van der Waals surface area contributed by atoms with Crippen molar-refractivity contribution >= 4 is 40.1 Å². The second-order valence-corrected chi connectivity index (χ2v) is 7.48. The molecule has 1 fully saturated rings. The van der Waals surface area contributed by atoms with Crippen molar-refractivity contribution in [1.82, 2.24) is 4.90 Å². The summed E-state index contributed by atoms with van der Waals surface area (Å²) in [6.07, 6.45) is 0. The van der Waals surface area contributed by atoms with Crippen molar-refractivity contribution in [3.63, 3.8) is 0 Å². The van der Waals surface area contributed by atoms with Crippen LogP contribution in [-0.4, -0.2) is 49.6 Å². The predicted octanol–water partition coefficient (Wildman–Crippen LogP) is 4.04. The number of esters is 1. The van der Waals surface area contributed by atoms with Gasteiger partial charge in [-0.15, -0.1) is 0 Å². The van der Waals surface area contributed by atoms with Crippen LogP contribution in [0.2, 0.25) is 5.02 Å². The smallest absolute Gasteiger partial charge is 0.375 e. The highest BCUT2D eigenvalue weighted by Crippen LogP contribution is 2.31. The van der Waals surface area contributed by atoms with Gasteiger partial charge in [0.1, 0.15) is 5.82 Å². The van der Waals surface area contributed by atoms with Crippen LogP contribution in [0.5, 0.6) is 0 Å². The lowest BCUT2D eigenvalue weighted by Gasteiger charge is -2.36. The van der Waals surface area contributed by atoms with E-state index in [1.54, 1.807) is 48.2 Å². The molecule has 0 saturated carbocycles. The highest BCUT2D eigenvalue weighted by molar-refractivity contribution is 6.35. The molecule has 1 aliphatic heterocycles. The van der Waals surface area contributed by atoms with Crippen molar-refractivity contribution in [2.24, 2.45) is 0 Å². The van der Waals surface area contributed by atoms with Gasteiger partial charge in [-0.2, -0.15) is 0 Å². The zero-order valence-corrected chi connectivity index (χ0v) is 17.1. The monoisotopic (exact) mass is 430 g/mol. The summed E-state index contributed by atoms with van der Waals surface area (Å²) >= 11 is 6.11. The number of amides is 1. The maximum Gasteiger partial charge on any atom is 0.375 e. The van der Waals surface area contributed by atoms with E-state index >= 15 is 0 Å². The molecule has 2 heterocycles. The van der Waals surface area contributed by atoms with Crippen molar-refractivity contribution in [3.05, 3.63) is 64.6 Å². The van der Waals surface area contributed by atoms with Gasteiger partial charge in [0.2, 0.25) is 5.76 Å². The van der Waals surface area contributed by atoms with Gasteiger partial charge in [-0.25, -0.2) is 9.18 Å². The van der Waals surface area contributed by atoms with E-state index < -0.39 is 5.97 Å². The van der Waals surface area contributed by atoms with Crippen LogP contribution < -0.4 is 4.90 Å². The molecule has 0 N–H and O–H groups in total. The molecule has 156 valence electrons. The van der Waals surface area contributed by atoms with Crippen LogP contribution in [0.3, 0.4) is 0 Å². The van der Waals surface area contributed by atoms with Gasteiger partial charge in [-0.3, -0.25) is 4.79 Å². The largest absolute Gasteiger partial charge is 0.450 e. The van der Waals surface area contributed by atoms with E-state index in [2.05, 4.69) is 0 Å². The molecule has 6 nitrogen and oxygen atoms in total. The molecule has 1 aliphatic rings. The number of para-hydroxylation sites is 2. The number of benzene rings is 2. The lowest BCUT2D eigenvalue weighted by Crippen LogP contribution is -2.50. The van der Waals surface area contributed by atoms with Gasteiger partial charge in [0.05, 0.1) is 10.7 Å². The molecule has 0 unspecified atom stereocenters. The van der Waals surface area contributed by atoms with Gasteiger partial charge in [0.15, 0.2) is 12.2 Å². The summed E-state index contributed by atoms with van der Waals surface area (Å²) in [5.74, 6) is -1.26. The average molecular weight is 431 g/mol. The van der Waals surface area contributed by atoms with Gasteiger partial charge in [-0.1, -0.05) is 35.9 Å². The van der Waals surface area contributed by atoms with E-state index in [1.165, 1.54) is 6.07 Å². The maximum absolute atomic E-state index is 13.9. The lowest BCUT2D eigenvalue weighted by molar-refractivity contribution is -0.134. The first-order valence-electron chi connectivity index (χ1n) is 9.57. The number of aryl methyl sites for hydroxylation is 1. The van der Waals surface area contributed by atoms with Crippen molar-refractivity contribution in [2.75, 3.05) is 37.7 Å². The van der Waals surface area contributed by atoms with E-state index in [-0.39, 0.29) is 24.1 Å². The number of ether oxygens (including phenoxy) is 1. The van der Waals surface area contributed by atoms with Crippen LogP contribution in [-0.2, 0) is 9.53 Å². The Balaban J connectivity index is 1.34. The second kappa shape index (κ2) is 8.36. The second-order valence-electron chi connectivity index (χ2n) is 7.07. The topological polar surface area (TPSA) is 63.0 Å². The van der Waals surface area contributed by atoms with Gasteiger partial charge in [0, 0.05) is 37.1 Å². The number of anilines is 1. The first-order valence-corrected chi connectivity index (χ1v) is 9.95. The van der Waals surface area contributed by atoms with Crippen LogP contribution in [0.25, 0.3) is 11.0 Å². The molecule has 1 amide bonds. The molecule has 0 radical (unpaired) electrons. The molecule has 0 atom stereocenters. The van der Waals surface area contributed by atoms with Crippen LogP contribution in [0.1, 0.15) is 16.1 Å². The summed E-state index contributed by atoms with van der Waals surface area (Å²) in [7, 11) is 0. The number of halogens is 2. The minimum atomic E-state index is -0.710. The SMILES string of the molecule is Cc1c(C(=O)OCC(=O)N2CCN(c3ccccc3F)CC2)oc2c(Cl)cccc12. The van der Waals surface area contributed by atoms with Crippen molar-refractivity contribution in [2.45, 2.75) is 6.92 Å². The minimum absolute atomic E-state index is 0.0373. The Morgan fingerprint density at radius 1 is 1.10 bits per heavy atom. The van der Waals surface area contributed by atoms with E-state index in [0.717, 1.165) is 5.39 Å². The average Bonchev–Trinajstić information content (AvgIpc) is 3.10. The molecule has 0 spiro atoms. The Bertz CT molecular complexity index is 1110. The molecule has 2 aromatic carbocycles. The number of rotatable bonds is 4. The minimum Gasteiger partial charge on any atom is -0.450 e. The van der Waals surface area contributed by atoms with Crippen LogP contribution in [0, 0.1) is 12.7 Å². The predicted molar refractivity (Wildman–Crippen MR) is 111 cm³/mol. The van der Waals surface area contributed by atoms with Gasteiger partial charge in [-0.05, 0) is 25.1 Å². The molecule has 1 aromatic heterocycles. The first-order chi connectivity index (χ1) is 14.5. The number of piperazine rings is 1. The highest BCUT2D eigenvalue weighted by Gasteiger charge is 2.25. The molecular formula is C22H20ClFN2O4. The van der Waals surface area contributed by atoms with Gasteiger partial charge < -0.3 is 19.0 Å². The molecule has 1 saturated heterocycles. The van der Waals surface area contributed by atoms with Crippen molar-refractivity contribution in [1.29, 1.82) is 0 Å². The zero-order chi connectivity index (χ0) is 21.3. The fraction of sp³-hybridized carbons (Fsp3) is 0.273. The quantitative estimate of drug-likeness (QED) is 0.584. The summed E-state index contributed by atoms with van der Waals surface area (Å²) in [6.45, 7) is 3.20. The Hall–Kier alpha value is -3.06. The van der Waals surface area contributed by atoms with Crippen LogP contribution >= 0.6 is 11.6 Å². The van der Waals surface area contributed by atoms with Crippen LogP contribution in [0.15, 0.2) is 46.9 Å². The van der Waals surface area contributed by atoms with Gasteiger partial charge >= 0.3 is 5.97 Å². The standard InChI is InChI=1S/C22H20ClFN2O4/c1-14-15-5-4-6-16(23)21(15)30-20(14)22(28)29-13-19(27)26-11-9-25(10-12-26)18-8-3-2-7-17(18)24/h2-8H,9-13H2,1H3. The molecule has 3 aromatic rings. The maximum atomic E-state index is 13.9. The summed E-state index contributed by atoms with van der Waals surface area (Å²) in [4.78, 5) is 28.4. The number of furan rings is 1. The van der Waals surface area contributed by atoms with E-state index in [9.17, 15) is 14.0 Å². The Labute approximate surface area is 177 Å². The molecule has 4 rings (SSSR count). The van der Waals surface area contributed by atoms with E-state index in [4.69, 9.17) is 20.8 Å². The first kappa shape index (κ1) is 20.2. The number of carbonyl (C=O) groups excluding carboxylic acids is 2. The fourth-order valence-corrected chi connectivity index (χ4v) is 3.81. The Morgan fingerprint density at radius 3 is 2.53 bits per heavy atom. The third-order valence-corrected chi connectivity index (χ3v) is 5.55. The molecule has 0 aliphatic carbocycles. The van der Waals surface area contributed by atoms with Gasteiger partial charge in [0.25, 0.3) is 5.91 Å². The van der Waals surface area contributed by atoms with Crippen LogP contribution in [0.4, 0.5) is 10.1 Å². The fourth-order valence-electron chi connectivity index (χ4n) is 3.59. The number of nitrogens with zero attached hydrogens (tertiary/aromatic N) is 2. The Morgan fingerprint density at radius 2 is 1.83 bits per heavy atom. The highest BCUT2D eigenvalue weighted by atomic mass is 35.5.